The van der Waals surface area contributed by atoms with Crippen LogP contribution in [0.1, 0.15) is 45.4 Å². The van der Waals surface area contributed by atoms with E-state index in [1.807, 2.05) is 6.92 Å². The van der Waals surface area contributed by atoms with Crippen LogP contribution < -0.4 is 11.1 Å². The summed E-state index contributed by atoms with van der Waals surface area (Å²) in [5, 5.41) is 3.33. The molecule has 1 amide bonds. The summed E-state index contributed by atoms with van der Waals surface area (Å²) >= 11 is 0. The maximum atomic E-state index is 11.0. The summed E-state index contributed by atoms with van der Waals surface area (Å²) < 4.78 is 0. The number of amides is 1. The zero-order valence-corrected chi connectivity index (χ0v) is 8.38. The summed E-state index contributed by atoms with van der Waals surface area (Å²) in [7, 11) is 0. The first-order chi connectivity index (χ1) is 6.24. The molecule has 1 unspecified atom stereocenters. The Bertz CT molecular complexity index is 164. The van der Waals surface area contributed by atoms with Crippen molar-refractivity contribution in [2.75, 3.05) is 0 Å². The molecule has 0 aromatic heterocycles. The molecule has 0 bridgehead atoms. The number of rotatable bonds is 4. The minimum Gasteiger partial charge on any atom is -0.368 e. The molecule has 0 saturated heterocycles. The molecule has 1 fully saturated rings. The fourth-order valence-electron chi connectivity index (χ4n) is 1.95. The van der Waals surface area contributed by atoms with Gasteiger partial charge >= 0.3 is 0 Å². The van der Waals surface area contributed by atoms with Crippen molar-refractivity contribution < 1.29 is 4.79 Å². The fourth-order valence-corrected chi connectivity index (χ4v) is 1.95. The molecule has 0 radical (unpaired) electrons. The number of nitrogens with two attached hydrogens (primary N) is 1. The molecule has 0 heterocycles. The Morgan fingerprint density at radius 2 is 2.08 bits per heavy atom. The monoisotopic (exact) mass is 184 g/mol. The molecule has 3 N–H and O–H groups in total. The topological polar surface area (TPSA) is 55.1 Å². The van der Waals surface area contributed by atoms with Crippen molar-refractivity contribution >= 4 is 5.91 Å². The predicted molar refractivity (Wildman–Crippen MR) is 53.3 cm³/mol. The zero-order chi connectivity index (χ0) is 9.68. The van der Waals surface area contributed by atoms with Crippen molar-refractivity contribution in [2.45, 2.75) is 57.5 Å². The quantitative estimate of drug-likeness (QED) is 0.689. The molecular weight excluding hydrogens is 164 g/mol. The highest BCUT2D eigenvalue weighted by Gasteiger charge is 2.19. The van der Waals surface area contributed by atoms with E-state index < -0.39 is 0 Å². The van der Waals surface area contributed by atoms with E-state index >= 15 is 0 Å². The average molecular weight is 184 g/mol. The summed E-state index contributed by atoms with van der Waals surface area (Å²) in [6.45, 7) is 1.99. The van der Waals surface area contributed by atoms with Crippen LogP contribution in [-0.2, 0) is 4.79 Å². The first kappa shape index (κ1) is 10.5. The van der Waals surface area contributed by atoms with Gasteiger partial charge in [0, 0.05) is 6.04 Å². The lowest BCUT2D eigenvalue weighted by atomic mass is 9.94. The number of primary amides is 1. The Labute approximate surface area is 80.1 Å². The number of carbonyl (C=O) groups is 1. The molecule has 3 nitrogen and oxygen atoms in total. The normalized spacial score (nSPS) is 21.3. The Morgan fingerprint density at radius 1 is 1.46 bits per heavy atom. The van der Waals surface area contributed by atoms with E-state index in [0.29, 0.717) is 6.04 Å². The fraction of sp³-hybridized carbons (Fsp3) is 0.900. The summed E-state index contributed by atoms with van der Waals surface area (Å²) in [4.78, 5) is 11.0. The van der Waals surface area contributed by atoms with Crippen LogP contribution in [0.5, 0.6) is 0 Å². The Kier molecular flexibility index (Phi) is 4.22. The van der Waals surface area contributed by atoms with Crippen LogP contribution in [-0.4, -0.2) is 18.0 Å². The standard InChI is InChI=1S/C10H20N2O/c1-2-9(10(11)13)12-8-6-4-3-5-7-8/h8-9,12H,2-7H2,1H3,(H2,11,13). The second-order valence-electron chi connectivity index (χ2n) is 3.86. The highest BCUT2D eigenvalue weighted by Crippen LogP contribution is 2.18. The Morgan fingerprint density at radius 3 is 2.54 bits per heavy atom. The second-order valence-corrected chi connectivity index (χ2v) is 3.86. The third-order valence-corrected chi connectivity index (χ3v) is 2.79. The van der Waals surface area contributed by atoms with Gasteiger partial charge in [0.1, 0.15) is 0 Å². The number of hydrogen-bond donors (Lipinski definition) is 2. The maximum absolute atomic E-state index is 11.0. The lowest BCUT2D eigenvalue weighted by Crippen LogP contribution is -2.46. The largest absolute Gasteiger partial charge is 0.368 e. The molecule has 13 heavy (non-hydrogen) atoms. The van der Waals surface area contributed by atoms with Gasteiger partial charge in [-0.05, 0) is 19.3 Å². The SMILES string of the molecule is CCC(NC1CCCCC1)C(N)=O. The van der Waals surface area contributed by atoms with Gasteiger partial charge in [0.2, 0.25) is 5.91 Å². The van der Waals surface area contributed by atoms with E-state index in [0.717, 1.165) is 6.42 Å². The second kappa shape index (κ2) is 5.22. The van der Waals surface area contributed by atoms with Crippen LogP contribution in [0.25, 0.3) is 0 Å². The van der Waals surface area contributed by atoms with Gasteiger partial charge in [0.15, 0.2) is 0 Å². The van der Waals surface area contributed by atoms with Crippen molar-refractivity contribution in [3.05, 3.63) is 0 Å². The van der Waals surface area contributed by atoms with Gasteiger partial charge < -0.3 is 11.1 Å². The van der Waals surface area contributed by atoms with Crippen molar-refractivity contribution in [1.82, 2.24) is 5.32 Å². The zero-order valence-electron chi connectivity index (χ0n) is 8.38. The minimum atomic E-state index is -0.215. The summed E-state index contributed by atoms with van der Waals surface area (Å²) in [6, 6.07) is 0.397. The first-order valence-corrected chi connectivity index (χ1v) is 5.29. The van der Waals surface area contributed by atoms with Crippen LogP contribution >= 0.6 is 0 Å². The van der Waals surface area contributed by atoms with E-state index in [2.05, 4.69) is 5.32 Å². The smallest absolute Gasteiger partial charge is 0.234 e. The third-order valence-electron chi connectivity index (χ3n) is 2.79. The van der Waals surface area contributed by atoms with E-state index in [-0.39, 0.29) is 11.9 Å². The molecule has 0 aromatic rings. The van der Waals surface area contributed by atoms with E-state index in [1.54, 1.807) is 0 Å². The Hall–Kier alpha value is -0.570. The molecule has 1 saturated carbocycles. The molecule has 1 rings (SSSR count). The van der Waals surface area contributed by atoms with Crippen molar-refractivity contribution in [2.24, 2.45) is 5.73 Å². The van der Waals surface area contributed by atoms with Gasteiger partial charge in [0.05, 0.1) is 6.04 Å². The minimum absolute atomic E-state index is 0.122. The molecule has 0 aromatic carbocycles. The third kappa shape index (κ3) is 3.35. The predicted octanol–water partition coefficient (Wildman–Crippen LogP) is 1.17. The molecular formula is C10H20N2O. The van der Waals surface area contributed by atoms with Crippen LogP contribution in [0, 0.1) is 0 Å². The van der Waals surface area contributed by atoms with Crippen molar-refractivity contribution in [3.63, 3.8) is 0 Å². The van der Waals surface area contributed by atoms with Crippen LogP contribution in [0.15, 0.2) is 0 Å². The average Bonchev–Trinajstić information content (AvgIpc) is 2.15. The van der Waals surface area contributed by atoms with Gasteiger partial charge in [-0.3, -0.25) is 4.79 Å². The molecule has 1 aliphatic carbocycles. The number of nitrogens with one attached hydrogen (secondary N) is 1. The lowest BCUT2D eigenvalue weighted by molar-refractivity contribution is -0.120. The summed E-state index contributed by atoms with van der Waals surface area (Å²) in [6.07, 6.45) is 7.10. The van der Waals surface area contributed by atoms with Gasteiger partial charge in [-0.25, -0.2) is 0 Å². The molecule has 3 heteroatoms. The molecule has 76 valence electrons. The molecule has 0 aliphatic heterocycles. The van der Waals surface area contributed by atoms with E-state index in [1.165, 1.54) is 32.1 Å². The van der Waals surface area contributed by atoms with Gasteiger partial charge in [-0.15, -0.1) is 0 Å². The first-order valence-electron chi connectivity index (χ1n) is 5.29. The van der Waals surface area contributed by atoms with Gasteiger partial charge in [-0.2, -0.15) is 0 Å². The van der Waals surface area contributed by atoms with Gasteiger partial charge in [-0.1, -0.05) is 26.2 Å². The van der Waals surface area contributed by atoms with Crippen molar-refractivity contribution in [3.8, 4) is 0 Å². The molecule has 1 aliphatic rings. The maximum Gasteiger partial charge on any atom is 0.234 e. The molecule has 0 spiro atoms. The lowest BCUT2D eigenvalue weighted by Gasteiger charge is -2.26. The summed E-state index contributed by atoms with van der Waals surface area (Å²) in [5.74, 6) is -0.215. The number of hydrogen-bond acceptors (Lipinski definition) is 2. The van der Waals surface area contributed by atoms with Gasteiger partial charge in [0.25, 0.3) is 0 Å². The van der Waals surface area contributed by atoms with Crippen LogP contribution in [0.4, 0.5) is 0 Å². The number of carbonyl (C=O) groups excluding carboxylic acids is 1. The van der Waals surface area contributed by atoms with Crippen molar-refractivity contribution in [1.29, 1.82) is 0 Å². The highest BCUT2D eigenvalue weighted by molar-refractivity contribution is 5.79. The molecule has 1 atom stereocenters. The Balaban J connectivity index is 2.31. The van der Waals surface area contributed by atoms with Crippen LogP contribution in [0.3, 0.4) is 0 Å². The summed E-state index contributed by atoms with van der Waals surface area (Å²) in [5.41, 5.74) is 5.26. The van der Waals surface area contributed by atoms with Crippen LogP contribution in [0.2, 0.25) is 0 Å². The highest BCUT2D eigenvalue weighted by atomic mass is 16.1. The van der Waals surface area contributed by atoms with E-state index in [9.17, 15) is 4.79 Å². The van der Waals surface area contributed by atoms with E-state index in [4.69, 9.17) is 5.73 Å².